The largest absolute Gasteiger partial charge is 0.391 e. The highest BCUT2D eigenvalue weighted by Gasteiger charge is 2.41. The van der Waals surface area contributed by atoms with Gasteiger partial charge in [-0.1, -0.05) is 12.1 Å². The maximum absolute atomic E-state index is 13.2. The molecule has 0 aliphatic carbocycles. The van der Waals surface area contributed by atoms with Crippen LogP contribution in [0.3, 0.4) is 0 Å². The van der Waals surface area contributed by atoms with Gasteiger partial charge in [0.2, 0.25) is 5.91 Å². The van der Waals surface area contributed by atoms with Crippen LogP contribution in [0.15, 0.2) is 40.1 Å². The Kier molecular flexibility index (Phi) is 5.98. The Morgan fingerprint density at radius 3 is 2.73 bits per heavy atom. The Bertz CT molecular complexity index is 1300. The van der Waals surface area contributed by atoms with Crippen LogP contribution in [-0.2, 0) is 11.3 Å². The van der Waals surface area contributed by atoms with E-state index in [1.54, 1.807) is 6.92 Å². The van der Waals surface area contributed by atoms with E-state index in [1.165, 1.54) is 22.6 Å². The van der Waals surface area contributed by atoms with Crippen LogP contribution in [0.5, 0.6) is 0 Å². The Hall–Kier alpha value is -3.24. The summed E-state index contributed by atoms with van der Waals surface area (Å²) in [5, 5.41) is 21.6. The molecule has 0 bridgehead atoms. The van der Waals surface area contributed by atoms with Crippen LogP contribution in [0.2, 0.25) is 0 Å². The smallest absolute Gasteiger partial charge is 0.328 e. The van der Waals surface area contributed by atoms with Gasteiger partial charge in [-0.15, -0.1) is 0 Å². The molecule has 10 nitrogen and oxygen atoms in total. The number of fused-ring (bicyclic) bond motifs is 1. The van der Waals surface area contributed by atoms with E-state index in [4.69, 9.17) is 0 Å². The number of benzene rings is 1. The predicted octanol–water partition coefficient (Wildman–Crippen LogP) is 0.479. The molecule has 3 heterocycles. The number of nitrogens with one attached hydrogen (secondary N) is 1. The van der Waals surface area contributed by atoms with E-state index in [9.17, 15) is 24.6 Å². The van der Waals surface area contributed by atoms with Crippen molar-refractivity contribution in [1.29, 1.82) is 0 Å². The number of aliphatic hydroxyl groups is 2. The fraction of sp³-hybridized carbons (Fsp3) is 0.478. The van der Waals surface area contributed by atoms with E-state index in [2.05, 4.69) is 9.97 Å². The highest BCUT2D eigenvalue weighted by molar-refractivity contribution is 5.78. The van der Waals surface area contributed by atoms with Crippen molar-refractivity contribution < 1.29 is 15.0 Å². The van der Waals surface area contributed by atoms with Crippen molar-refractivity contribution in [2.45, 2.75) is 57.9 Å². The van der Waals surface area contributed by atoms with Crippen molar-refractivity contribution in [3.63, 3.8) is 0 Å². The van der Waals surface area contributed by atoms with Gasteiger partial charge in [0, 0.05) is 44.2 Å². The van der Waals surface area contributed by atoms with Gasteiger partial charge in [0.25, 0.3) is 5.56 Å². The number of para-hydroxylation sites is 2. The summed E-state index contributed by atoms with van der Waals surface area (Å²) in [6, 6.07) is 6.87. The number of carbonyl (C=O) groups excluding carboxylic acids is 1. The molecule has 3 atom stereocenters. The lowest BCUT2D eigenvalue weighted by atomic mass is 9.91. The first-order chi connectivity index (χ1) is 15.6. The molecule has 0 spiro atoms. The van der Waals surface area contributed by atoms with Crippen molar-refractivity contribution >= 4 is 16.9 Å². The summed E-state index contributed by atoms with van der Waals surface area (Å²) in [5.41, 5.74) is -0.525. The maximum atomic E-state index is 13.2. The summed E-state index contributed by atoms with van der Waals surface area (Å²) < 4.78 is 3.23. The molecule has 10 heteroatoms. The molecular weight excluding hydrogens is 426 g/mol. The number of nitrogens with zero attached hydrogens (tertiary/aromatic N) is 4. The fourth-order valence-corrected chi connectivity index (χ4v) is 4.66. The van der Waals surface area contributed by atoms with E-state index in [0.717, 1.165) is 16.9 Å². The minimum Gasteiger partial charge on any atom is -0.391 e. The molecule has 1 aliphatic heterocycles. The van der Waals surface area contributed by atoms with E-state index < -0.39 is 29.0 Å². The summed E-state index contributed by atoms with van der Waals surface area (Å²) in [4.78, 5) is 45.8. The highest BCUT2D eigenvalue weighted by atomic mass is 16.3. The summed E-state index contributed by atoms with van der Waals surface area (Å²) in [5.74, 6) is 0.596. The predicted molar refractivity (Wildman–Crippen MR) is 122 cm³/mol. The van der Waals surface area contributed by atoms with E-state index in [0.29, 0.717) is 12.1 Å². The van der Waals surface area contributed by atoms with Crippen molar-refractivity contribution in [3.05, 3.63) is 62.7 Å². The number of carbonyl (C=O) groups is 1. The number of likely N-dealkylation sites (tertiary alicyclic amines) is 1. The monoisotopic (exact) mass is 455 g/mol. The number of H-pyrrole nitrogens is 1. The van der Waals surface area contributed by atoms with E-state index in [1.807, 2.05) is 35.8 Å². The minimum atomic E-state index is -1.47. The van der Waals surface area contributed by atoms with Gasteiger partial charge < -0.3 is 19.7 Å². The van der Waals surface area contributed by atoms with Crippen LogP contribution in [0.25, 0.3) is 11.0 Å². The average Bonchev–Trinajstić information content (AvgIpc) is 2.99. The van der Waals surface area contributed by atoms with Crippen molar-refractivity contribution in [2.75, 3.05) is 13.1 Å². The SMILES string of the molecule is Cc1cn([C@H]2CN(C(=O)CCn3c(C)nc4ccccc43)C[C@H](O)C[C@]2(C)O)c(=O)[nH]c1=O. The average molecular weight is 456 g/mol. The molecular formula is C23H29N5O5. The molecule has 2 aromatic heterocycles. The minimum absolute atomic E-state index is 0.0165. The number of aliphatic hydroxyl groups excluding tert-OH is 1. The summed E-state index contributed by atoms with van der Waals surface area (Å²) in [7, 11) is 0. The van der Waals surface area contributed by atoms with Crippen molar-refractivity contribution in [1.82, 2.24) is 24.0 Å². The van der Waals surface area contributed by atoms with Crippen LogP contribution < -0.4 is 11.2 Å². The Morgan fingerprint density at radius 2 is 1.97 bits per heavy atom. The molecule has 0 unspecified atom stereocenters. The number of amides is 1. The van der Waals surface area contributed by atoms with Crippen LogP contribution in [0, 0.1) is 13.8 Å². The standard InChI is InChI=1S/C23H29N5O5/c1-14-11-28(22(32)25-21(14)31)19-13-26(12-16(29)10-23(19,3)33)20(30)8-9-27-15(2)24-17-6-4-5-7-18(17)27/h4-7,11,16,19,29,33H,8-10,12-13H2,1-3H3,(H,25,31,32)/t16-,19+,23+/m1/s1. The van der Waals surface area contributed by atoms with Crippen LogP contribution in [0.4, 0.5) is 0 Å². The number of β-amino-alcohol motifs (C(OH)–C–C–N with tert-alkyl or cyclic N) is 1. The highest BCUT2D eigenvalue weighted by Crippen LogP contribution is 2.31. The first-order valence-electron chi connectivity index (χ1n) is 11.0. The number of aromatic nitrogens is 4. The fourth-order valence-electron chi connectivity index (χ4n) is 4.66. The lowest BCUT2D eigenvalue weighted by Crippen LogP contribution is -2.47. The lowest BCUT2D eigenvalue weighted by molar-refractivity contribution is -0.133. The zero-order valence-electron chi connectivity index (χ0n) is 19.0. The topological polar surface area (TPSA) is 133 Å². The van der Waals surface area contributed by atoms with Crippen molar-refractivity contribution in [2.24, 2.45) is 0 Å². The van der Waals surface area contributed by atoms with Crippen LogP contribution in [0.1, 0.15) is 37.2 Å². The van der Waals surface area contributed by atoms with Gasteiger partial charge in [0.05, 0.1) is 28.8 Å². The lowest BCUT2D eigenvalue weighted by Gasteiger charge is -2.34. The molecule has 1 fully saturated rings. The zero-order valence-corrected chi connectivity index (χ0v) is 19.0. The second-order valence-electron chi connectivity index (χ2n) is 9.06. The third kappa shape index (κ3) is 4.49. The number of aryl methyl sites for hydroxylation is 3. The molecule has 1 aliphatic rings. The second-order valence-corrected chi connectivity index (χ2v) is 9.06. The summed E-state index contributed by atoms with van der Waals surface area (Å²) >= 11 is 0. The number of imidazole rings is 1. The van der Waals surface area contributed by atoms with Crippen LogP contribution >= 0.6 is 0 Å². The molecule has 3 N–H and O–H groups in total. The molecule has 176 valence electrons. The normalized spacial score (nSPS) is 23.6. The first kappa shape index (κ1) is 22.9. The summed E-state index contributed by atoms with van der Waals surface area (Å²) in [6.45, 7) is 5.47. The summed E-state index contributed by atoms with van der Waals surface area (Å²) in [6.07, 6.45) is 0.589. The van der Waals surface area contributed by atoms with Gasteiger partial charge in [-0.3, -0.25) is 19.1 Å². The molecule has 33 heavy (non-hydrogen) atoms. The third-order valence-electron chi connectivity index (χ3n) is 6.42. The Morgan fingerprint density at radius 1 is 1.24 bits per heavy atom. The molecule has 1 saturated heterocycles. The molecule has 1 aromatic carbocycles. The molecule has 0 radical (unpaired) electrons. The zero-order chi connectivity index (χ0) is 23.9. The number of rotatable bonds is 4. The molecule has 0 saturated carbocycles. The van der Waals surface area contributed by atoms with Gasteiger partial charge in [0.15, 0.2) is 0 Å². The second kappa shape index (κ2) is 8.60. The third-order valence-corrected chi connectivity index (χ3v) is 6.42. The molecule has 1 amide bonds. The number of hydrogen-bond acceptors (Lipinski definition) is 6. The maximum Gasteiger partial charge on any atom is 0.328 e. The van der Waals surface area contributed by atoms with Crippen LogP contribution in [-0.4, -0.2) is 64.9 Å². The number of aromatic amines is 1. The Labute approximate surface area is 190 Å². The molecule has 4 rings (SSSR count). The quantitative estimate of drug-likeness (QED) is 0.524. The van der Waals surface area contributed by atoms with Crippen molar-refractivity contribution in [3.8, 4) is 0 Å². The van der Waals surface area contributed by atoms with Gasteiger partial charge in [0.1, 0.15) is 5.82 Å². The number of hydrogen-bond donors (Lipinski definition) is 3. The van der Waals surface area contributed by atoms with E-state index >= 15 is 0 Å². The first-order valence-corrected chi connectivity index (χ1v) is 11.0. The van der Waals surface area contributed by atoms with E-state index in [-0.39, 0.29) is 31.8 Å². The van der Waals surface area contributed by atoms with Gasteiger partial charge in [-0.2, -0.15) is 0 Å². The Balaban J connectivity index is 1.59. The van der Waals surface area contributed by atoms with Gasteiger partial charge in [-0.05, 0) is 32.9 Å². The molecule has 3 aromatic rings. The van der Waals surface area contributed by atoms with Gasteiger partial charge in [-0.25, -0.2) is 9.78 Å². The van der Waals surface area contributed by atoms with Gasteiger partial charge >= 0.3 is 5.69 Å².